The molecular formula is C21H23F2NO. The van der Waals surface area contributed by atoms with E-state index in [0.29, 0.717) is 12.1 Å². The molecule has 0 aliphatic carbocycles. The molecule has 2 nitrogen and oxygen atoms in total. The van der Waals surface area contributed by atoms with E-state index in [1.807, 2.05) is 12.1 Å². The van der Waals surface area contributed by atoms with Gasteiger partial charge in [0.2, 0.25) is 0 Å². The highest BCUT2D eigenvalue weighted by molar-refractivity contribution is 5.31. The molecule has 0 N–H and O–H groups in total. The highest BCUT2D eigenvalue weighted by Gasteiger charge is 2.39. The third kappa shape index (κ3) is 3.46. The van der Waals surface area contributed by atoms with Gasteiger partial charge in [0, 0.05) is 12.1 Å². The molecule has 0 aromatic heterocycles. The molecule has 2 fully saturated rings. The fourth-order valence-electron chi connectivity index (χ4n) is 4.35. The Morgan fingerprint density at radius 1 is 0.920 bits per heavy atom. The van der Waals surface area contributed by atoms with Crippen LogP contribution in [-0.2, 0) is 4.74 Å². The fraction of sp³-hybridized carbons (Fsp3) is 0.429. The number of piperidine rings is 1. The van der Waals surface area contributed by atoms with Crippen LogP contribution in [0.4, 0.5) is 8.78 Å². The van der Waals surface area contributed by atoms with Gasteiger partial charge in [-0.2, -0.15) is 0 Å². The Morgan fingerprint density at radius 3 is 1.92 bits per heavy atom. The van der Waals surface area contributed by atoms with Crippen molar-refractivity contribution in [2.75, 3.05) is 7.05 Å². The van der Waals surface area contributed by atoms with Gasteiger partial charge < -0.3 is 9.64 Å². The predicted molar refractivity (Wildman–Crippen MR) is 93.3 cm³/mol. The van der Waals surface area contributed by atoms with Crippen molar-refractivity contribution in [1.29, 1.82) is 0 Å². The molecule has 2 aliphatic rings. The second kappa shape index (κ2) is 6.85. The third-order valence-electron chi connectivity index (χ3n) is 5.69. The Morgan fingerprint density at radius 2 is 1.44 bits per heavy atom. The van der Waals surface area contributed by atoms with E-state index < -0.39 is 6.10 Å². The smallest absolute Gasteiger partial charge is 0.123 e. The minimum absolute atomic E-state index is 0.116. The van der Waals surface area contributed by atoms with Crippen molar-refractivity contribution in [2.24, 2.45) is 0 Å². The summed E-state index contributed by atoms with van der Waals surface area (Å²) in [5.41, 5.74) is 1.47. The molecule has 2 aromatic carbocycles. The fourth-order valence-corrected chi connectivity index (χ4v) is 4.35. The molecule has 2 aromatic rings. The monoisotopic (exact) mass is 343 g/mol. The van der Waals surface area contributed by atoms with E-state index in [1.165, 1.54) is 37.1 Å². The van der Waals surface area contributed by atoms with Crippen molar-refractivity contribution >= 4 is 0 Å². The third-order valence-corrected chi connectivity index (χ3v) is 5.69. The standard InChI is InChI=1S/C21H23F2NO/c1-24-18-8-9-19(24)13-20(12-18)25-21(14-4-2-6-16(22)10-14)15-5-3-7-17(23)11-15/h2-7,10-11,18-21H,8-9,12-13H2,1H3/t18-,19+,20?. The van der Waals surface area contributed by atoms with E-state index in [4.69, 9.17) is 4.74 Å². The highest BCUT2D eigenvalue weighted by atomic mass is 19.1. The quantitative estimate of drug-likeness (QED) is 0.798. The first-order valence-electron chi connectivity index (χ1n) is 8.98. The minimum Gasteiger partial charge on any atom is -0.365 e. The first kappa shape index (κ1) is 16.7. The summed E-state index contributed by atoms with van der Waals surface area (Å²) in [6.07, 6.45) is 4.06. The van der Waals surface area contributed by atoms with E-state index in [0.717, 1.165) is 24.0 Å². The highest BCUT2D eigenvalue weighted by Crippen LogP contribution is 2.38. The average molecular weight is 343 g/mol. The number of nitrogens with zero attached hydrogens (tertiary/aromatic N) is 1. The van der Waals surface area contributed by atoms with Gasteiger partial charge in [-0.1, -0.05) is 24.3 Å². The zero-order valence-electron chi connectivity index (χ0n) is 14.4. The summed E-state index contributed by atoms with van der Waals surface area (Å²) in [5.74, 6) is -0.600. The van der Waals surface area contributed by atoms with Crippen LogP contribution in [0.25, 0.3) is 0 Å². The summed E-state index contributed by atoms with van der Waals surface area (Å²) in [6.45, 7) is 0. The summed E-state index contributed by atoms with van der Waals surface area (Å²) in [7, 11) is 2.19. The summed E-state index contributed by atoms with van der Waals surface area (Å²) in [5, 5.41) is 0. The van der Waals surface area contributed by atoms with Crippen molar-refractivity contribution in [3.8, 4) is 0 Å². The Balaban J connectivity index is 1.62. The summed E-state index contributed by atoms with van der Waals surface area (Å²) >= 11 is 0. The molecule has 0 radical (unpaired) electrons. The van der Waals surface area contributed by atoms with Crippen LogP contribution < -0.4 is 0 Å². The van der Waals surface area contributed by atoms with Crippen molar-refractivity contribution in [1.82, 2.24) is 4.90 Å². The Hall–Kier alpha value is -1.78. The summed E-state index contributed by atoms with van der Waals surface area (Å²) in [6, 6.07) is 14.0. The number of hydrogen-bond acceptors (Lipinski definition) is 2. The Labute approximate surface area is 147 Å². The van der Waals surface area contributed by atoms with Crippen LogP contribution in [0.2, 0.25) is 0 Å². The normalized spacial score (nSPS) is 26.3. The van der Waals surface area contributed by atoms with Crippen LogP contribution in [0.1, 0.15) is 42.9 Å². The van der Waals surface area contributed by atoms with Crippen molar-refractivity contribution in [2.45, 2.75) is 50.0 Å². The molecule has 1 unspecified atom stereocenters. The van der Waals surface area contributed by atoms with E-state index in [9.17, 15) is 8.78 Å². The van der Waals surface area contributed by atoms with Crippen LogP contribution in [0.5, 0.6) is 0 Å². The van der Waals surface area contributed by atoms with Gasteiger partial charge in [-0.3, -0.25) is 0 Å². The molecule has 2 saturated heterocycles. The molecular weight excluding hydrogens is 320 g/mol. The second-order valence-corrected chi connectivity index (χ2v) is 7.27. The molecule has 0 amide bonds. The Bertz CT molecular complexity index is 691. The lowest BCUT2D eigenvalue weighted by Crippen LogP contribution is -2.43. The average Bonchev–Trinajstić information content (AvgIpc) is 2.81. The van der Waals surface area contributed by atoms with Crippen LogP contribution in [0, 0.1) is 11.6 Å². The van der Waals surface area contributed by atoms with E-state index in [-0.39, 0.29) is 17.7 Å². The van der Waals surface area contributed by atoms with Crippen molar-refractivity contribution in [3.63, 3.8) is 0 Å². The molecule has 25 heavy (non-hydrogen) atoms. The van der Waals surface area contributed by atoms with Gasteiger partial charge in [0.25, 0.3) is 0 Å². The van der Waals surface area contributed by atoms with Gasteiger partial charge >= 0.3 is 0 Å². The lowest BCUT2D eigenvalue weighted by Gasteiger charge is -2.38. The van der Waals surface area contributed by atoms with Crippen molar-refractivity contribution < 1.29 is 13.5 Å². The number of halogens is 2. The molecule has 2 aliphatic heterocycles. The maximum atomic E-state index is 13.8. The predicted octanol–water partition coefficient (Wildman–Crippen LogP) is 4.70. The lowest BCUT2D eigenvalue weighted by atomic mass is 9.97. The number of benzene rings is 2. The van der Waals surface area contributed by atoms with E-state index in [1.54, 1.807) is 12.1 Å². The van der Waals surface area contributed by atoms with E-state index >= 15 is 0 Å². The minimum atomic E-state index is -0.445. The summed E-state index contributed by atoms with van der Waals surface area (Å²) in [4.78, 5) is 2.46. The molecule has 0 spiro atoms. The van der Waals surface area contributed by atoms with Crippen LogP contribution in [0.15, 0.2) is 48.5 Å². The number of fused-ring (bicyclic) bond motifs is 2. The largest absolute Gasteiger partial charge is 0.365 e. The van der Waals surface area contributed by atoms with Gasteiger partial charge in [0.1, 0.15) is 17.7 Å². The molecule has 3 atom stereocenters. The maximum Gasteiger partial charge on any atom is 0.123 e. The van der Waals surface area contributed by atoms with Crippen molar-refractivity contribution in [3.05, 3.63) is 71.3 Å². The van der Waals surface area contributed by atoms with Crippen LogP contribution in [0.3, 0.4) is 0 Å². The van der Waals surface area contributed by atoms with Gasteiger partial charge in [0.15, 0.2) is 0 Å². The first-order chi connectivity index (χ1) is 12.1. The van der Waals surface area contributed by atoms with Crippen LogP contribution >= 0.6 is 0 Å². The van der Waals surface area contributed by atoms with Gasteiger partial charge in [-0.25, -0.2) is 8.78 Å². The second-order valence-electron chi connectivity index (χ2n) is 7.27. The SMILES string of the molecule is CN1[C@@H]2CC[C@H]1CC(OC(c1cccc(F)c1)c1cccc(F)c1)C2. The summed E-state index contributed by atoms with van der Waals surface area (Å²) < 4.78 is 33.9. The molecule has 4 heteroatoms. The number of hydrogen-bond donors (Lipinski definition) is 0. The van der Waals surface area contributed by atoms with Gasteiger partial charge in [-0.05, 0) is 68.1 Å². The molecule has 132 valence electrons. The molecule has 4 rings (SSSR count). The Kier molecular flexibility index (Phi) is 4.57. The topological polar surface area (TPSA) is 12.5 Å². The van der Waals surface area contributed by atoms with Gasteiger partial charge in [-0.15, -0.1) is 0 Å². The number of ether oxygens (including phenoxy) is 1. The first-order valence-corrected chi connectivity index (χ1v) is 8.98. The molecule has 2 heterocycles. The maximum absolute atomic E-state index is 13.8. The van der Waals surface area contributed by atoms with Gasteiger partial charge in [0.05, 0.1) is 6.10 Å². The molecule has 0 saturated carbocycles. The molecule has 2 bridgehead atoms. The zero-order chi connectivity index (χ0) is 17.4. The lowest BCUT2D eigenvalue weighted by molar-refractivity contribution is -0.0428. The van der Waals surface area contributed by atoms with Crippen LogP contribution in [-0.4, -0.2) is 30.1 Å². The van der Waals surface area contributed by atoms with E-state index in [2.05, 4.69) is 11.9 Å². The number of rotatable bonds is 4. The zero-order valence-corrected chi connectivity index (χ0v) is 14.4.